The summed E-state index contributed by atoms with van der Waals surface area (Å²) in [5.74, 6) is 1.37. The lowest BCUT2D eigenvalue weighted by atomic mass is 9.90. The fourth-order valence-corrected chi connectivity index (χ4v) is 5.05. The molecule has 1 aliphatic rings. The quantitative estimate of drug-likeness (QED) is 0.682. The first-order chi connectivity index (χ1) is 9.84. The van der Waals surface area contributed by atoms with Gasteiger partial charge in [-0.1, -0.05) is 12.8 Å². The van der Waals surface area contributed by atoms with Gasteiger partial charge in [-0.05, 0) is 47.0 Å². The monoisotopic (exact) mass is 396 g/mol. The third-order valence-corrected chi connectivity index (χ3v) is 5.72. The van der Waals surface area contributed by atoms with Crippen molar-refractivity contribution in [3.05, 3.63) is 22.7 Å². The van der Waals surface area contributed by atoms with Crippen molar-refractivity contribution in [2.45, 2.75) is 25.7 Å². The molecule has 0 heterocycles. The molecule has 21 heavy (non-hydrogen) atoms. The maximum Gasteiger partial charge on any atom is 0.233 e. The number of hydrogen-bond donors (Lipinski definition) is 0. The van der Waals surface area contributed by atoms with Gasteiger partial charge in [0.1, 0.15) is 11.5 Å². The molecule has 7 heteroatoms. The lowest BCUT2D eigenvalue weighted by molar-refractivity contribution is 0.170. The molecule has 0 bridgehead atoms. The van der Waals surface area contributed by atoms with E-state index in [9.17, 15) is 8.42 Å². The lowest BCUT2D eigenvalue weighted by Gasteiger charge is -2.27. The standard InChI is InChI=1S/C14H18BrClO4S/c1-19-11-4-5-13(12(15)8-11)20-9-14(6-2-3-7-14)10-21(16,17)18/h4-5,8H,2-3,6-7,9-10H2,1H3. The van der Waals surface area contributed by atoms with Crippen molar-refractivity contribution in [3.8, 4) is 11.5 Å². The highest BCUT2D eigenvalue weighted by molar-refractivity contribution is 9.10. The van der Waals surface area contributed by atoms with Gasteiger partial charge in [-0.2, -0.15) is 0 Å². The predicted molar refractivity (Wildman–Crippen MR) is 86.7 cm³/mol. The van der Waals surface area contributed by atoms with Gasteiger partial charge in [0.2, 0.25) is 9.05 Å². The van der Waals surface area contributed by atoms with E-state index in [1.165, 1.54) is 0 Å². The maximum atomic E-state index is 11.4. The highest BCUT2D eigenvalue weighted by atomic mass is 79.9. The zero-order chi connectivity index (χ0) is 15.5. The molecule has 4 nitrogen and oxygen atoms in total. The van der Waals surface area contributed by atoms with Crippen molar-refractivity contribution >= 4 is 35.7 Å². The summed E-state index contributed by atoms with van der Waals surface area (Å²) in [5.41, 5.74) is -0.375. The van der Waals surface area contributed by atoms with Gasteiger partial charge in [0.15, 0.2) is 0 Å². The molecule has 0 amide bonds. The van der Waals surface area contributed by atoms with Crippen molar-refractivity contribution in [3.63, 3.8) is 0 Å². The van der Waals surface area contributed by atoms with Gasteiger partial charge < -0.3 is 9.47 Å². The molecule has 0 aliphatic heterocycles. The zero-order valence-electron chi connectivity index (χ0n) is 11.8. The summed E-state index contributed by atoms with van der Waals surface area (Å²) in [6.45, 7) is 0.351. The molecule has 1 aromatic rings. The summed E-state index contributed by atoms with van der Waals surface area (Å²) in [4.78, 5) is 0. The van der Waals surface area contributed by atoms with Crippen molar-refractivity contribution in [2.75, 3.05) is 19.5 Å². The lowest BCUT2D eigenvalue weighted by Crippen LogP contribution is -2.32. The van der Waals surface area contributed by atoms with Crippen molar-refractivity contribution in [1.29, 1.82) is 0 Å². The van der Waals surface area contributed by atoms with E-state index in [-0.39, 0.29) is 11.2 Å². The second-order valence-corrected chi connectivity index (χ2v) is 9.11. The molecule has 0 radical (unpaired) electrons. The van der Waals surface area contributed by atoms with Crippen LogP contribution < -0.4 is 9.47 Å². The van der Waals surface area contributed by atoms with E-state index < -0.39 is 9.05 Å². The summed E-state index contributed by atoms with van der Waals surface area (Å²) in [6, 6.07) is 5.43. The van der Waals surface area contributed by atoms with Crippen LogP contribution >= 0.6 is 26.6 Å². The second kappa shape index (κ2) is 6.75. The van der Waals surface area contributed by atoms with Gasteiger partial charge in [-0.15, -0.1) is 0 Å². The Bertz CT molecular complexity index is 597. The van der Waals surface area contributed by atoms with E-state index in [0.717, 1.165) is 35.9 Å². The first kappa shape index (κ1) is 16.9. The topological polar surface area (TPSA) is 52.6 Å². The van der Waals surface area contributed by atoms with Gasteiger partial charge >= 0.3 is 0 Å². The van der Waals surface area contributed by atoms with Crippen molar-refractivity contribution < 1.29 is 17.9 Å². The highest BCUT2D eigenvalue weighted by Gasteiger charge is 2.38. The molecule has 1 aliphatic carbocycles. The van der Waals surface area contributed by atoms with Crippen LogP contribution in [0.15, 0.2) is 22.7 Å². The molecule has 1 fully saturated rings. The Kier molecular flexibility index (Phi) is 5.43. The van der Waals surface area contributed by atoms with Gasteiger partial charge in [0, 0.05) is 16.1 Å². The van der Waals surface area contributed by atoms with Gasteiger partial charge in [0.25, 0.3) is 0 Å². The minimum absolute atomic E-state index is 0.0324. The van der Waals surface area contributed by atoms with Crippen LogP contribution in [0.3, 0.4) is 0 Å². The highest BCUT2D eigenvalue weighted by Crippen LogP contribution is 2.41. The number of rotatable bonds is 6. The number of benzene rings is 1. The summed E-state index contributed by atoms with van der Waals surface area (Å²) in [6.07, 6.45) is 3.68. The van der Waals surface area contributed by atoms with Crippen molar-refractivity contribution in [1.82, 2.24) is 0 Å². The van der Waals surface area contributed by atoms with Crippen LogP contribution in [0.4, 0.5) is 0 Å². The normalized spacial score (nSPS) is 17.7. The first-order valence-corrected chi connectivity index (χ1v) is 9.99. The Morgan fingerprint density at radius 1 is 1.33 bits per heavy atom. The Labute approximate surface area is 138 Å². The SMILES string of the molecule is COc1ccc(OCC2(CS(=O)(=O)Cl)CCCC2)c(Br)c1. The molecule has 118 valence electrons. The summed E-state index contributed by atoms with van der Waals surface area (Å²) < 4.78 is 34.6. The minimum Gasteiger partial charge on any atom is -0.497 e. The Balaban J connectivity index is 2.09. The molecule has 1 aromatic carbocycles. The fourth-order valence-electron chi connectivity index (χ4n) is 2.78. The van der Waals surface area contributed by atoms with Crippen LogP contribution in [0, 0.1) is 5.41 Å². The predicted octanol–water partition coefficient (Wildman–Crippen LogP) is 3.97. The van der Waals surface area contributed by atoms with E-state index in [1.54, 1.807) is 19.2 Å². The minimum atomic E-state index is -3.53. The van der Waals surface area contributed by atoms with E-state index in [4.69, 9.17) is 20.2 Å². The Morgan fingerprint density at radius 2 is 2.00 bits per heavy atom. The van der Waals surface area contributed by atoms with Crippen LogP contribution in [0.5, 0.6) is 11.5 Å². The molecular formula is C14H18BrClO4S. The Morgan fingerprint density at radius 3 is 2.52 bits per heavy atom. The zero-order valence-corrected chi connectivity index (χ0v) is 14.9. The fraction of sp³-hybridized carbons (Fsp3) is 0.571. The first-order valence-electron chi connectivity index (χ1n) is 6.72. The molecule has 0 atom stereocenters. The molecule has 2 rings (SSSR count). The molecule has 0 aromatic heterocycles. The van der Waals surface area contributed by atoms with Crippen LogP contribution in [-0.2, 0) is 9.05 Å². The molecular weight excluding hydrogens is 380 g/mol. The van der Waals surface area contributed by atoms with Gasteiger partial charge in [-0.3, -0.25) is 0 Å². The van der Waals surface area contributed by atoms with Crippen LogP contribution in [0.2, 0.25) is 0 Å². The molecule has 0 spiro atoms. The average molecular weight is 398 g/mol. The van der Waals surface area contributed by atoms with Crippen LogP contribution in [0.1, 0.15) is 25.7 Å². The van der Waals surface area contributed by atoms with Crippen LogP contribution in [0.25, 0.3) is 0 Å². The van der Waals surface area contributed by atoms with E-state index in [2.05, 4.69) is 15.9 Å². The maximum absolute atomic E-state index is 11.4. The van der Waals surface area contributed by atoms with Crippen molar-refractivity contribution in [2.24, 2.45) is 5.41 Å². The Hall–Kier alpha value is -0.460. The van der Waals surface area contributed by atoms with Gasteiger partial charge in [0.05, 0.1) is 23.9 Å². The third kappa shape index (κ3) is 4.76. The number of halogens is 2. The molecule has 0 N–H and O–H groups in total. The van der Waals surface area contributed by atoms with Gasteiger partial charge in [-0.25, -0.2) is 8.42 Å². The second-order valence-electron chi connectivity index (χ2n) is 5.48. The summed E-state index contributed by atoms with van der Waals surface area (Å²) in [7, 11) is 3.51. The average Bonchev–Trinajstić information content (AvgIpc) is 2.83. The smallest absolute Gasteiger partial charge is 0.233 e. The number of ether oxygens (including phenoxy) is 2. The summed E-state index contributed by atoms with van der Waals surface area (Å²) >= 11 is 3.43. The molecule has 1 saturated carbocycles. The molecule has 0 saturated heterocycles. The molecule has 0 unspecified atom stereocenters. The third-order valence-electron chi connectivity index (χ3n) is 3.82. The summed E-state index contributed by atoms with van der Waals surface area (Å²) in [5, 5.41) is 0. The van der Waals surface area contributed by atoms with E-state index >= 15 is 0 Å². The van der Waals surface area contributed by atoms with Crippen LogP contribution in [-0.4, -0.2) is 27.9 Å². The largest absolute Gasteiger partial charge is 0.497 e. The van der Waals surface area contributed by atoms with E-state index in [1.807, 2.05) is 6.07 Å². The van der Waals surface area contributed by atoms with E-state index in [0.29, 0.717) is 12.4 Å². The number of methoxy groups -OCH3 is 1. The number of hydrogen-bond acceptors (Lipinski definition) is 4.